The molecule has 0 saturated carbocycles. The number of aromatic nitrogens is 1. The predicted molar refractivity (Wildman–Crippen MR) is 103 cm³/mol. The summed E-state index contributed by atoms with van der Waals surface area (Å²) in [6, 6.07) is 4.09. The van der Waals surface area contributed by atoms with Gasteiger partial charge in [-0.1, -0.05) is 11.6 Å². The van der Waals surface area contributed by atoms with Gasteiger partial charge < -0.3 is 10.2 Å². The highest BCUT2D eigenvalue weighted by molar-refractivity contribution is 7.23. The molecule has 0 aliphatic carbocycles. The minimum Gasteiger partial charge on any atom is -0.337 e. The SMILES string of the molecule is C[C@H]1CNCCN1C(=O)Cc1csc(-c2ccc(Cl)s2)n1.Cl.Cl. The van der Waals surface area contributed by atoms with E-state index in [4.69, 9.17) is 11.6 Å². The average molecular weight is 415 g/mol. The monoisotopic (exact) mass is 413 g/mol. The largest absolute Gasteiger partial charge is 0.337 e. The van der Waals surface area contributed by atoms with Gasteiger partial charge in [-0.05, 0) is 19.1 Å². The summed E-state index contributed by atoms with van der Waals surface area (Å²) in [7, 11) is 0. The van der Waals surface area contributed by atoms with Crippen LogP contribution < -0.4 is 5.32 Å². The molecule has 0 bridgehead atoms. The molecule has 1 aliphatic rings. The topological polar surface area (TPSA) is 45.2 Å². The van der Waals surface area contributed by atoms with Gasteiger partial charge in [0, 0.05) is 31.1 Å². The fraction of sp³-hybridized carbons (Fsp3) is 0.429. The quantitative estimate of drug-likeness (QED) is 0.832. The summed E-state index contributed by atoms with van der Waals surface area (Å²) in [5.74, 6) is 0.157. The number of piperazine rings is 1. The smallest absolute Gasteiger partial charge is 0.228 e. The van der Waals surface area contributed by atoms with Gasteiger partial charge >= 0.3 is 0 Å². The van der Waals surface area contributed by atoms with E-state index in [9.17, 15) is 4.79 Å². The van der Waals surface area contributed by atoms with Crippen LogP contribution in [0, 0.1) is 0 Å². The lowest BCUT2D eigenvalue weighted by Crippen LogP contribution is -2.52. The summed E-state index contributed by atoms with van der Waals surface area (Å²) in [6.07, 6.45) is 0.375. The number of hydrogen-bond acceptors (Lipinski definition) is 5. The number of nitrogens with zero attached hydrogens (tertiary/aromatic N) is 2. The molecule has 0 spiro atoms. The molecule has 1 fully saturated rings. The van der Waals surface area contributed by atoms with Crippen molar-refractivity contribution in [1.29, 1.82) is 0 Å². The first-order chi connectivity index (χ1) is 10.1. The Morgan fingerprint density at radius 1 is 1.48 bits per heavy atom. The average Bonchev–Trinajstić information content (AvgIpc) is 3.08. The molecule has 0 aromatic carbocycles. The Morgan fingerprint density at radius 3 is 2.91 bits per heavy atom. The van der Waals surface area contributed by atoms with Crippen LogP contribution in [0.5, 0.6) is 0 Å². The van der Waals surface area contributed by atoms with Crippen LogP contribution in [0.3, 0.4) is 0 Å². The Hall–Kier alpha value is -0.370. The van der Waals surface area contributed by atoms with Gasteiger partial charge in [-0.15, -0.1) is 47.5 Å². The van der Waals surface area contributed by atoms with Gasteiger partial charge in [-0.2, -0.15) is 0 Å². The Balaban J connectivity index is 0.00000132. The minimum absolute atomic E-state index is 0. The molecule has 0 unspecified atom stereocenters. The lowest BCUT2D eigenvalue weighted by atomic mass is 10.2. The molecule has 1 N–H and O–H groups in total. The van der Waals surface area contributed by atoms with Crippen molar-refractivity contribution in [2.24, 2.45) is 0 Å². The standard InChI is InChI=1S/C14H16ClN3OS2.2ClH/c1-9-7-16-4-5-18(9)13(19)6-10-8-20-14(17-10)11-2-3-12(15)21-11;;/h2-3,8-9,16H,4-7H2,1H3;2*1H/t9-;;/m0../s1. The molecule has 1 atom stereocenters. The Bertz CT molecular complexity index is 647. The first-order valence-corrected chi connectivity index (χ1v) is 8.91. The maximum atomic E-state index is 12.4. The predicted octanol–water partition coefficient (Wildman–Crippen LogP) is 3.73. The van der Waals surface area contributed by atoms with Gasteiger partial charge in [0.15, 0.2) is 0 Å². The van der Waals surface area contributed by atoms with E-state index < -0.39 is 0 Å². The van der Waals surface area contributed by atoms with Crippen molar-refractivity contribution in [3.63, 3.8) is 0 Å². The van der Waals surface area contributed by atoms with Crippen LogP contribution in [0.4, 0.5) is 0 Å². The fourth-order valence-electron chi connectivity index (χ4n) is 2.40. The van der Waals surface area contributed by atoms with E-state index in [0.717, 1.165) is 39.5 Å². The molecule has 128 valence electrons. The van der Waals surface area contributed by atoms with E-state index in [1.807, 2.05) is 22.4 Å². The van der Waals surface area contributed by atoms with E-state index in [0.29, 0.717) is 6.42 Å². The van der Waals surface area contributed by atoms with E-state index >= 15 is 0 Å². The highest BCUT2D eigenvalue weighted by Crippen LogP contribution is 2.33. The molecule has 2 aromatic heterocycles. The van der Waals surface area contributed by atoms with E-state index in [1.165, 1.54) is 11.3 Å². The van der Waals surface area contributed by atoms with Crippen molar-refractivity contribution >= 4 is 65.0 Å². The first kappa shape index (κ1) is 20.7. The Labute approximate surface area is 161 Å². The second-order valence-electron chi connectivity index (χ2n) is 5.06. The molecule has 3 rings (SSSR count). The zero-order chi connectivity index (χ0) is 14.8. The normalized spacial score (nSPS) is 17.3. The maximum Gasteiger partial charge on any atom is 0.228 e. The van der Waals surface area contributed by atoms with Crippen LogP contribution in [-0.2, 0) is 11.2 Å². The fourth-order valence-corrected chi connectivity index (χ4v) is 4.33. The zero-order valence-electron chi connectivity index (χ0n) is 12.5. The molecular formula is C14H18Cl3N3OS2. The molecule has 1 saturated heterocycles. The van der Waals surface area contributed by atoms with Gasteiger partial charge in [0.2, 0.25) is 5.91 Å². The summed E-state index contributed by atoms with van der Waals surface area (Å²) in [5.41, 5.74) is 0.843. The third-order valence-corrected chi connectivity index (χ3v) is 5.78. The third kappa shape index (κ3) is 5.05. The van der Waals surface area contributed by atoms with Crippen LogP contribution in [0.25, 0.3) is 9.88 Å². The summed E-state index contributed by atoms with van der Waals surface area (Å²) in [6.45, 7) is 4.58. The van der Waals surface area contributed by atoms with Gasteiger partial charge in [-0.25, -0.2) is 4.98 Å². The number of halogens is 3. The maximum absolute atomic E-state index is 12.4. The zero-order valence-corrected chi connectivity index (χ0v) is 16.5. The highest BCUT2D eigenvalue weighted by Gasteiger charge is 2.23. The van der Waals surface area contributed by atoms with Crippen LogP contribution in [0.2, 0.25) is 4.34 Å². The van der Waals surface area contributed by atoms with E-state index in [2.05, 4.69) is 17.2 Å². The van der Waals surface area contributed by atoms with Gasteiger partial charge in [0.05, 0.1) is 21.3 Å². The molecular weight excluding hydrogens is 397 g/mol. The molecule has 0 radical (unpaired) electrons. The summed E-state index contributed by atoms with van der Waals surface area (Å²) < 4.78 is 0.757. The summed E-state index contributed by atoms with van der Waals surface area (Å²) in [4.78, 5) is 19.9. The molecule has 9 heteroatoms. The van der Waals surface area contributed by atoms with Gasteiger partial charge in [-0.3, -0.25) is 4.79 Å². The van der Waals surface area contributed by atoms with Crippen molar-refractivity contribution in [2.75, 3.05) is 19.6 Å². The second kappa shape index (κ2) is 9.20. The number of thiazole rings is 1. The molecule has 1 amide bonds. The number of rotatable bonds is 3. The van der Waals surface area contributed by atoms with Crippen molar-refractivity contribution in [3.05, 3.63) is 27.5 Å². The molecule has 3 heterocycles. The van der Waals surface area contributed by atoms with Crippen LogP contribution in [-0.4, -0.2) is 41.5 Å². The van der Waals surface area contributed by atoms with Crippen LogP contribution in [0.15, 0.2) is 17.5 Å². The molecule has 1 aliphatic heterocycles. The van der Waals surface area contributed by atoms with Crippen LogP contribution in [0.1, 0.15) is 12.6 Å². The number of carbonyl (C=O) groups excluding carboxylic acids is 1. The Kier molecular flexibility index (Phi) is 8.27. The summed E-state index contributed by atoms with van der Waals surface area (Å²) >= 11 is 9.02. The number of nitrogens with one attached hydrogen (secondary N) is 1. The van der Waals surface area contributed by atoms with Crippen molar-refractivity contribution < 1.29 is 4.79 Å². The lowest BCUT2D eigenvalue weighted by Gasteiger charge is -2.33. The third-order valence-electron chi connectivity index (χ3n) is 3.49. The number of carbonyl (C=O) groups is 1. The van der Waals surface area contributed by atoms with E-state index in [1.54, 1.807) is 11.3 Å². The highest BCUT2D eigenvalue weighted by atomic mass is 35.5. The number of thiophene rings is 1. The second-order valence-corrected chi connectivity index (χ2v) is 7.64. The molecule has 2 aromatic rings. The summed E-state index contributed by atoms with van der Waals surface area (Å²) in [5, 5.41) is 6.19. The van der Waals surface area contributed by atoms with Gasteiger partial charge in [0.25, 0.3) is 0 Å². The van der Waals surface area contributed by atoms with Crippen molar-refractivity contribution in [1.82, 2.24) is 15.2 Å². The van der Waals surface area contributed by atoms with Crippen LogP contribution >= 0.6 is 59.1 Å². The number of hydrogen-bond donors (Lipinski definition) is 1. The molecule has 23 heavy (non-hydrogen) atoms. The minimum atomic E-state index is 0. The first-order valence-electron chi connectivity index (χ1n) is 6.84. The van der Waals surface area contributed by atoms with Gasteiger partial charge in [0.1, 0.15) is 5.01 Å². The van der Waals surface area contributed by atoms with Crippen molar-refractivity contribution in [2.45, 2.75) is 19.4 Å². The lowest BCUT2D eigenvalue weighted by molar-refractivity contribution is -0.133. The number of amides is 1. The van der Waals surface area contributed by atoms with E-state index in [-0.39, 0.29) is 36.8 Å². The van der Waals surface area contributed by atoms with Crippen molar-refractivity contribution in [3.8, 4) is 9.88 Å². The Morgan fingerprint density at radius 2 is 2.26 bits per heavy atom. The molecule has 4 nitrogen and oxygen atoms in total.